The number of methoxy groups -OCH3 is 1. The molecule has 2 aromatic rings. The lowest BCUT2D eigenvalue weighted by atomic mass is 10.0. The lowest BCUT2D eigenvalue weighted by molar-refractivity contribution is -0.139. The van der Waals surface area contributed by atoms with Gasteiger partial charge >= 0.3 is 11.9 Å². The molecule has 0 aliphatic carbocycles. The number of hydrogen-bond acceptors (Lipinski definition) is 4. The molecule has 0 heterocycles. The predicted molar refractivity (Wildman–Crippen MR) is 96.8 cm³/mol. The van der Waals surface area contributed by atoms with E-state index in [4.69, 9.17) is 23.2 Å². The van der Waals surface area contributed by atoms with Crippen LogP contribution in [0.1, 0.15) is 26.3 Å². The molecule has 0 aliphatic rings. The number of amides is 1. The number of halogens is 2. The number of carboxylic acid groups (broad SMARTS) is 1. The molecule has 2 N–H and O–H groups in total. The van der Waals surface area contributed by atoms with Crippen molar-refractivity contribution >= 4 is 41.0 Å². The van der Waals surface area contributed by atoms with Gasteiger partial charge in [0.25, 0.3) is 5.91 Å². The third-order valence-corrected chi connectivity index (χ3v) is 4.18. The molecular formula is C18H15Cl2NO5. The van der Waals surface area contributed by atoms with Gasteiger partial charge in [0.05, 0.1) is 12.7 Å². The van der Waals surface area contributed by atoms with Crippen LogP contribution in [0.2, 0.25) is 10.0 Å². The van der Waals surface area contributed by atoms with E-state index in [1.165, 1.54) is 37.4 Å². The summed E-state index contributed by atoms with van der Waals surface area (Å²) in [6.07, 6.45) is -0.0201. The van der Waals surface area contributed by atoms with Crippen molar-refractivity contribution in [1.82, 2.24) is 5.32 Å². The highest BCUT2D eigenvalue weighted by Gasteiger charge is 2.22. The standard InChI is InChI=1S/C18H15Cl2NO5/c1-26-18(25)12-4-2-3-11(7-12)16(22)21-15(17(23)24)8-10-5-6-13(19)9-14(10)20/h2-7,9,15H,8H2,1H3,(H,21,22)(H,23,24)/t15-/m0/s1. The molecule has 0 aliphatic heterocycles. The normalized spacial score (nSPS) is 11.5. The molecular weight excluding hydrogens is 381 g/mol. The molecule has 0 fully saturated rings. The number of carbonyl (C=O) groups excluding carboxylic acids is 2. The first-order chi connectivity index (χ1) is 12.3. The van der Waals surface area contributed by atoms with Gasteiger partial charge < -0.3 is 15.2 Å². The van der Waals surface area contributed by atoms with Crippen molar-refractivity contribution < 1.29 is 24.2 Å². The minimum absolute atomic E-state index is 0.0201. The Hall–Kier alpha value is -2.57. The Morgan fingerprint density at radius 3 is 2.42 bits per heavy atom. The first-order valence-electron chi connectivity index (χ1n) is 7.47. The minimum Gasteiger partial charge on any atom is -0.480 e. The molecule has 8 heteroatoms. The molecule has 0 spiro atoms. The zero-order valence-electron chi connectivity index (χ0n) is 13.7. The molecule has 0 bridgehead atoms. The smallest absolute Gasteiger partial charge is 0.337 e. The number of nitrogens with one attached hydrogen (secondary N) is 1. The fourth-order valence-electron chi connectivity index (χ4n) is 2.25. The average Bonchev–Trinajstić information content (AvgIpc) is 2.62. The fraction of sp³-hybridized carbons (Fsp3) is 0.167. The Morgan fingerprint density at radius 1 is 1.12 bits per heavy atom. The second kappa shape index (κ2) is 8.69. The van der Waals surface area contributed by atoms with Gasteiger partial charge in [-0.25, -0.2) is 9.59 Å². The number of esters is 1. The van der Waals surface area contributed by atoms with E-state index >= 15 is 0 Å². The van der Waals surface area contributed by atoms with Gasteiger partial charge in [0.2, 0.25) is 0 Å². The van der Waals surface area contributed by atoms with Crippen molar-refractivity contribution in [3.05, 3.63) is 69.2 Å². The molecule has 1 atom stereocenters. The number of rotatable bonds is 6. The number of aliphatic carboxylic acids is 1. The maximum absolute atomic E-state index is 12.4. The SMILES string of the molecule is COC(=O)c1cccc(C(=O)N[C@@H](Cc2ccc(Cl)cc2Cl)C(=O)O)c1. The summed E-state index contributed by atoms with van der Waals surface area (Å²) >= 11 is 11.9. The zero-order chi connectivity index (χ0) is 19.3. The molecule has 2 aromatic carbocycles. The molecule has 0 radical (unpaired) electrons. The van der Waals surface area contributed by atoms with Crippen LogP contribution in [0.15, 0.2) is 42.5 Å². The first kappa shape index (κ1) is 19.8. The number of ether oxygens (including phenoxy) is 1. The van der Waals surface area contributed by atoms with Gasteiger partial charge in [-0.05, 0) is 35.9 Å². The van der Waals surface area contributed by atoms with Gasteiger partial charge in [-0.2, -0.15) is 0 Å². The van der Waals surface area contributed by atoms with Crippen LogP contribution in [0, 0.1) is 0 Å². The summed E-state index contributed by atoms with van der Waals surface area (Å²) in [5.74, 6) is -2.44. The highest BCUT2D eigenvalue weighted by molar-refractivity contribution is 6.35. The quantitative estimate of drug-likeness (QED) is 0.732. The molecule has 0 saturated carbocycles. The van der Waals surface area contributed by atoms with Crippen LogP contribution >= 0.6 is 23.2 Å². The molecule has 2 rings (SSSR count). The van der Waals surface area contributed by atoms with Crippen LogP contribution < -0.4 is 5.32 Å². The molecule has 0 saturated heterocycles. The van der Waals surface area contributed by atoms with Crippen LogP contribution in [0.4, 0.5) is 0 Å². The van der Waals surface area contributed by atoms with Crippen LogP contribution in [0.25, 0.3) is 0 Å². The Morgan fingerprint density at radius 2 is 1.81 bits per heavy atom. The van der Waals surface area contributed by atoms with Gasteiger partial charge in [0.15, 0.2) is 0 Å². The van der Waals surface area contributed by atoms with Crippen LogP contribution in [0.5, 0.6) is 0 Å². The largest absolute Gasteiger partial charge is 0.480 e. The van der Waals surface area contributed by atoms with E-state index < -0.39 is 23.9 Å². The number of hydrogen-bond donors (Lipinski definition) is 2. The first-order valence-corrected chi connectivity index (χ1v) is 8.23. The van der Waals surface area contributed by atoms with Gasteiger partial charge in [0.1, 0.15) is 6.04 Å². The minimum atomic E-state index is -1.21. The summed E-state index contributed by atoms with van der Waals surface area (Å²) in [6, 6.07) is 9.28. The van der Waals surface area contributed by atoms with E-state index in [-0.39, 0.29) is 17.5 Å². The lowest BCUT2D eigenvalue weighted by Gasteiger charge is -2.16. The van der Waals surface area contributed by atoms with Gasteiger partial charge in [-0.1, -0.05) is 35.3 Å². The summed E-state index contributed by atoms with van der Waals surface area (Å²) in [5, 5.41) is 12.6. The zero-order valence-corrected chi connectivity index (χ0v) is 15.2. The highest BCUT2D eigenvalue weighted by atomic mass is 35.5. The van der Waals surface area contributed by atoms with Crippen molar-refractivity contribution in [3.8, 4) is 0 Å². The third kappa shape index (κ3) is 4.97. The summed E-state index contributed by atoms with van der Waals surface area (Å²) in [6.45, 7) is 0. The lowest BCUT2D eigenvalue weighted by Crippen LogP contribution is -2.42. The number of carboxylic acids is 1. The summed E-state index contributed by atoms with van der Waals surface area (Å²) < 4.78 is 4.60. The summed E-state index contributed by atoms with van der Waals surface area (Å²) in [7, 11) is 1.23. The third-order valence-electron chi connectivity index (χ3n) is 3.59. The van der Waals surface area contributed by atoms with E-state index in [1.807, 2.05) is 0 Å². The Bertz CT molecular complexity index is 853. The Labute approximate surface area is 159 Å². The molecule has 0 aromatic heterocycles. The molecule has 26 heavy (non-hydrogen) atoms. The van der Waals surface area contributed by atoms with Crippen molar-refractivity contribution in [2.75, 3.05) is 7.11 Å². The van der Waals surface area contributed by atoms with Crippen molar-refractivity contribution in [1.29, 1.82) is 0 Å². The van der Waals surface area contributed by atoms with Gasteiger partial charge in [-0.3, -0.25) is 4.79 Å². The van der Waals surface area contributed by atoms with Crippen LogP contribution in [0.3, 0.4) is 0 Å². The predicted octanol–water partition coefficient (Wildman–Crippen LogP) is 3.21. The summed E-state index contributed by atoms with van der Waals surface area (Å²) in [4.78, 5) is 35.4. The topological polar surface area (TPSA) is 92.7 Å². The monoisotopic (exact) mass is 395 g/mol. The molecule has 6 nitrogen and oxygen atoms in total. The fourth-order valence-corrected chi connectivity index (χ4v) is 2.74. The number of carbonyl (C=O) groups is 3. The number of benzene rings is 2. The molecule has 136 valence electrons. The van der Waals surface area contributed by atoms with Gasteiger partial charge in [0, 0.05) is 22.0 Å². The van der Waals surface area contributed by atoms with E-state index in [9.17, 15) is 19.5 Å². The van der Waals surface area contributed by atoms with Crippen LogP contribution in [-0.2, 0) is 16.0 Å². The second-order valence-electron chi connectivity index (χ2n) is 5.38. The van der Waals surface area contributed by atoms with Crippen LogP contribution in [-0.4, -0.2) is 36.1 Å². The van der Waals surface area contributed by atoms with Crippen molar-refractivity contribution in [2.45, 2.75) is 12.5 Å². The second-order valence-corrected chi connectivity index (χ2v) is 6.22. The average molecular weight is 396 g/mol. The maximum Gasteiger partial charge on any atom is 0.337 e. The molecule has 0 unspecified atom stereocenters. The Balaban J connectivity index is 2.18. The van der Waals surface area contributed by atoms with E-state index in [2.05, 4.69) is 10.1 Å². The van der Waals surface area contributed by atoms with Crippen molar-refractivity contribution in [2.24, 2.45) is 0 Å². The van der Waals surface area contributed by atoms with Crippen molar-refractivity contribution in [3.63, 3.8) is 0 Å². The van der Waals surface area contributed by atoms with E-state index in [0.717, 1.165) is 0 Å². The van der Waals surface area contributed by atoms with E-state index in [1.54, 1.807) is 12.1 Å². The highest BCUT2D eigenvalue weighted by Crippen LogP contribution is 2.22. The maximum atomic E-state index is 12.4. The summed E-state index contributed by atoms with van der Waals surface area (Å²) in [5.41, 5.74) is 0.862. The molecule has 1 amide bonds. The van der Waals surface area contributed by atoms with E-state index in [0.29, 0.717) is 15.6 Å². The Kier molecular flexibility index (Phi) is 6.60. The van der Waals surface area contributed by atoms with Gasteiger partial charge in [-0.15, -0.1) is 0 Å².